The van der Waals surface area contributed by atoms with Crippen molar-refractivity contribution in [3.05, 3.63) is 58.1 Å². The molecule has 2 aliphatic rings. The highest BCUT2D eigenvalue weighted by atomic mass is 32.2. The molecule has 31 heavy (non-hydrogen) atoms. The van der Waals surface area contributed by atoms with Crippen LogP contribution in [0.1, 0.15) is 35.5 Å². The maximum absolute atomic E-state index is 12.8. The fourth-order valence-corrected chi connectivity index (χ4v) is 5.37. The fraction of sp³-hybridized carbons (Fsp3) is 0.450. The van der Waals surface area contributed by atoms with Crippen LogP contribution >= 0.6 is 0 Å². The summed E-state index contributed by atoms with van der Waals surface area (Å²) < 4.78 is 32.9. The molecular formula is C20H24N4O6S. The first-order valence-corrected chi connectivity index (χ1v) is 11.7. The van der Waals surface area contributed by atoms with Crippen molar-refractivity contribution in [3.8, 4) is 0 Å². The van der Waals surface area contributed by atoms with Gasteiger partial charge in [0.15, 0.2) is 6.23 Å². The van der Waals surface area contributed by atoms with Gasteiger partial charge in [-0.1, -0.05) is 25.1 Å². The topological polar surface area (TPSA) is 131 Å². The fourth-order valence-electron chi connectivity index (χ4n) is 4.26. The molecule has 11 heteroatoms. The number of aliphatic hydroxyl groups excluding tert-OH is 1. The quantitative estimate of drug-likeness (QED) is 0.680. The summed E-state index contributed by atoms with van der Waals surface area (Å²) in [5, 5.41) is 13.4. The predicted octanol–water partition coefficient (Wildman–Crippen LogP) is 0.486. The third kappa shape index (κ3) is 3.57. The Kier molecular flexibility index (Phi) is 5.24. The average molecular weight is 449 g/mol. The minimum absolute atomic E-state index is 0.0248. The highest BCUT2D eigenvalue weighted by molar-refractivity contribution is 7.88. The van der Waals surface area contributed by atoms with Gasteiger partial charge in [0.05, 0.1) is 12.3 Å². The highest BCUT2D eigenvalue weighted by Gasteiger charge is 2.65. The van der Waals surface area contributed by atoms with E-state index >= 15 is 0 Å². The molecule has 1 aromatic heterocycles. The number of carbonyl (C=O) groups excluding carboxylic acids is 1. The number of benzene rings is 1. The molecule has 2 aliphatic heterocycles. The molecule has 2 N–H and O–H groups in total. The van der Waals surface area contributed by atoms with Crippen molar-refractivity contribution in [2.24, 2.45) is 0 Å². The van der Waals surface area contributed by atoms with E-state index in [9.17, 15) is 23.1 Å². The Morgan fingerprint density at radius 3 is 2.61 bits per heavy atom. The number of morpholine rings is 1. The van der Waals surface area contributed by atoms with Crippen molar-refractivity contribution in [3.63, 3.8) is 0 Å². The van der Waals surface area contributed by atoms with Crippen molar-refractivity contribution in [1.82, 2.24) is 13.9 Å². The number of ether oxygens (including phenoxy) is 1. The zero-order valence-electron chi connectivity index (χ0n) is 17.3. The Morgan fingerprint density at radius 2 is 2.03 bits per heavy atom. The molecule has 2 aromatic rings. The van der Waals surface area contributed by atoms with Crippen LogP contribution in [0.25, 0.3) is 0 Å². The molecular weight excluding hydrogens is 424 g/mol. The Labute approximate surface area is 179 Å². The number of hydrogen-bond acceptors (Lipinski definition) is 7. The second-order valence-corrected chi connectivity index (χ2v) is 9.89. The van der Waals surface area contributed by atoms with Crippen molar-refractivity contribution in [2.45, 2.75) is 44.2 Å². The monoisotopic (exact) mass is 448 g/mol. The molecule has 1 aromatic carbocycles. The van der Waals surface area contributed by atoms with Gasteiger partial charge in [-0.25, -0.2) is 13.2 Å². The first kappa shape index (κ1) is 21.6. The van der Waals surface area contributed by atoms with Crippen molar-refractivity contribution in [1.29, 1.82) is 0 Å². The van der Waals surface area contributed by atoms with Gasteiger partial charge < -0.3 is 15.2 Å². The summed E-state index contributed by atoms with van der Waals surface area (Å²) in [6, 6.07) is 7.57. The SMILES string of the molecule is CC[C@@]12CN(S(C)(=O)=O)[C@@H]([C@H](n3cc(C)c(NC(=O)c4ccccc4)nc3=O)O1)[C@@H]2O. The number of carbonyl (C=O) groups is 1. The van der Waals surface area contributed by atoms with Crippen LogP contribution in [0, 0.1) is 6.92 Å². The van der Waals surface area contributed by atoms with Crippen LogP contribution in [-0.2, 0) is 14.8 Å². The molecule has 0 unspecified atom stereocenters. The minimum Gasteiger partial charge on any atom is -0.388 e. The van der Waals surface area contributed by atoms with E-state index < -0.39 is 45.6 Å². The summed E-state index contributed by atoms with van der Waals surface area (Å²) in [7, 11) is -3.63. The van der Waals surface area contributed by atoms with Gasteiger partial charge in [-0.3, -0.25) is 9.36 Å². The molecule has 1 amide bonds. The number of nitrogens with one attached hydrogen (secondary N) is 1. The standard InChI is InChI=1S/C20H24N4O6S/c1-4-20-11-24(31(3,28)29)14(15(20)25)18(30-20)23-10-12(2)16(22-19(23)27)21-17(26)13-8-6-5-7-9-13/h5-10,14-15,18,25H,4,11H2,1-3H3,(H,21,22,26,27)/t14-,15+,18-,20+/m1/s1. The summed E-state index contributed by atoms with van der Waals surface area (Å²) in [5.74, 6) is -0.308. The molecule has 4 atom stereocenters. The normalized spacial score (nSPS) is 28.1. The molecule has 10 nitrogen and oxygen atoms in total. The number of fused-ring (bicyclic) bond motifs is 2. The second kappa shape index (κ2) is 7.52. The van der Waals surface area contributed by atoms with Crippen LogP contribution in [0.2, 0.25) is 0 Å². The van der Waals surface area contributed by atoms with Gasteiger partial charge >= 0.3 is 5.69 Å². The summed E-state index contributed by atoms with van der Waals surface area (Å²) in [4.78, 5) is 29.2. The van der Waals surface area contributed by atoms with Crippen LogP contribution in [0.3, 0.4) is 0 Å². The number of nitrogens with zero attached hydrogens (tertiary/aromatic N) is 3. The molecule has 0 aliphatic carbocycles. The zero-order chi connectivity index (χ0) is 22.6. The van der Waals surface area contributed by atoms with Crippen LogP contribution in [0.15, 0.2) is 41.3 Å². The number of rotatable bonds is 5. The van der Waals surface area contributed by atoms with Crippen molar-refractivity contribution in [2.75, 3.05) is 18.1 Å². The van der Waals surface area contributed by atoms with E-state index in [2.05, 4.69) is 10.3 Å². The maximum Gasteiger partial charge on any atom is 0.351 e. The molecule has 2 saturated heterocycles. The van der Waals surface area contributed by atoms with Gasteiger partial charge in [0.2, 0.25) is 10.0 Å². The van der Waals surface area contributed by atoms with Crippen LogP contribution in [0.5, 0.6) is 0 Å². The van der Waals surface area contributed by atoms with Gasteiger partial charge in [0.25, 0.3) is 5.91 Å². The number of hydrogen-bond donors (Lipinski definition) is 2. The maximum atomic E-state index is 12.8. The average Bonchev–Trinajstić information content (AvgIpc) is 3.18. The Balaban J connectivity index is 1.67. The molecule has 0 spiro atoms. The van der Waals surface area contributed by atoms with Gasteiger partial charge in [-0.2, -0.15) is 9.29 Å². The Bertz CT molecular complexity index is 1180. The molecule has 4 rings (SSSR count). The smallest absolute Gasteiger partial charge is 0.351 e. The number of aryl methyl sites for hydroxylation is 1. The van der Waals surface area contributed by atoms with Crippen molar-refractivity contribution < 1.29 is 23.1 Å². The van der Waals surface area contributed by atoms with E-state index in [4.69, 9.17) is 4.74 Å². The lowest BCUT2D eigenvalue weighted by Gasteiger charge is -2.35. The lowest BCUT2D eigenvalue weighted by atomic mass is 9.96. The summed E-state index contributed by atoms with van der Waals surface area (Å²) in [6.45, 7) is 3.48. The Morgan fingerprint density at radius 1 is 1.35 bits per heavy atom. The number of anilines is 1. The highest BCUT2D eigenvalue weighted by Crippen LogP contribution is 2.48. The van der Waals surface area contributed by atoms with Gasteiger partial charge in [-0.05, 0) is 25.5 Å². The molecule has 166 valence electrons. The predicted molar refractivity (Wildman–Crippen MR) is 112 cm³/mol. The Hall–Kier alpha value is -2.60. The van der Waals surface area contributed by atoms with E-state index in [0.717, 1.165) is 6.26 Å². The molecule has 0 saturated carbocycles. The third-order valence-electron chi connectivity index (χ3n) is 5.97. The molecule has 2 fully saturated rings. The second-order valence-electron chi connectivity index (χ2n) is 7.95. The lowest BCUT2D eigenvalue weighted by Crippen LogP contribution is -2.49. The summed E-state index contributed by atoms with van der Waals surface area (Å²) in [6.07, 6.45) is 0.783. The van der Waals surface area contributed by atoms with Crippen LogP contribution in [-0.4, -0.2) is 63.8 Å². The molecule has 2 bridgehead atoms. The van der Waals surface area contributed by atoms with E-state index in [-0.39, 0.29) is 12.4 Å². The lowest BCUT2D eigenvalue weighted by molar-refractivity contribution is -0.126. The number of aromatic nitrogens is 2. The molecule has 0 radical (unpaired) electrons. The largest absolute Gasteiger partial charge is 0.388 e. The van der Waals surface area contributed by atoms with E-state index in [1.54, 1.807) is 44.2 Å². The minimum atomic E-state index is -3.63. The van der Waals surface area contributed by atoms with Gasteiger partial charge in [0, 0.05) is 23.9 Å². The third-order valence-corrected chi connectivity index (χ3v) is 7.19. The number of aliphatic hydroxyl groups is 1. The van der Waals surface area contributed by atoms with Crippen LogP contribution in [0.4, 0.5) is 5.82 Å². The summed E-state index contributed by atoms with van der Waals surface area (Å²) in [5.41, 5.74) is -0.910. The van der Waals surface area contributed by atoms with Gasteiger partial charge in [0.1, 0.15) is 17.5 Å². The van der Waals surface area contributed by atoms with Crippen molar-refractivity contribution >= 4 is 21.7 Å². The van der Waals surface area contributed by atoms with E-state index in [1.165, 1.54) is 15.1 Å². The van der Waals surface area contributed by atoms with E-state index in [1.807, 2.05) is 0 Å². The molecule has 3 heterocycles. The van der Waals surface area contributed by atoms with Crippen LogP contribution < -0.4 is 11.0 Å². The summed E-state index contributed by atoms with van der Waals surface area (Å²) >= 11 is 0. The van der Waals surface area contributed by atoms with Gasteiger partial charge in [-0.15, -0.1) is 0 Å². The zero-order valence-corrected chi connectivity index (χ0v) is 18.2. The van der Waals surface area contributed by atoms with E-state index in [0.29, 0.717) is 17.5 Å². The first-order chi connectivity index (χ1) is 14.6. The number of sulfonamides is 1. The number of amides is 1. The first-order valence-electron chi connectivity index (χ1n) is 9.86.